The lowest BCUT2D eigenvalue weighted by molar-refractivity contribution is -0.116. The molecule has 5 rings (SSSR count). The Hall–Kier alpha value is -3.07. The van der Waals surface area contributed by atoms with E-state index in [1.165, 1.54) is 12.8 Å². The van der Waals surface area contributed by atoms with E-state index in [9.17, 15) is 4.79 Å². The fourth-order valence-electron chi connectivity index (χ4n) is 5.37. The lowest BCUT2D eigenvalue weighted by Gasteiger charge is -2.34. The first-order valence-electron chi connectivity index (χ1n) is 12.4. The van der Waals surface area contributed by atoms with Crippen molar-refractivity contribution in [2.45, 2.75) is 51.1 Å². The van der Waals surface area contributed by atoms with Gasteiger partial charge in [-0.1, -0.05) is 12.8 Å². The van der Waals surface area contributed by atoms with Crippen molar-refractivity contribution in [2.24, 2.45) is 0 Å². The summed E-state index contributed by atoms with van der Waals surface area (Å²) in [7, 11) is 3.84. The molecule has 34 heavy (non-hydrogen) atoms. The predicted octanol–water partition coefficient (Wildman–Crippen LogP) is 3.46. The quantitative estimate of drug-likeness (QED) is 0.694. The van der Waals surface area contributed by atoms with Gasteiger partial charge in [0, 0.05) is 56.4 Å². The van der Waals surface area contributed by atoms with Crippen LogP contribution >= 0.6 is 0 Å². The molecule has 1 saturated carbocycles. The van der Waals surface area contributed by atoms with E-state index in [2.05, 4.69) is 56.4 Å². The van der Waals surface area contributed by atoms with E-state index in [1.807, 2.05) is 6.07 Å². The number of methoxy groups -OCH3 is 1. The minimum Gasteiger partial charge on any atom is -0.494 e. The fraction of sp³-hybridized carbons (Fsp3) is 0.560. The zero-order valence-electron chi connectivity index (χ0n) is 20.4. The van der Waals surface area contributed by atoms with Crippen molar-refractivity contribution in [2.75, 3.05) is 60.8 Å². The number of rotatable bonds is 5. The maximum absolute atomic E-state index is 12.4. The van der Waals surface area contributed by atoms with Gasteiger partial charge in [-0.2, -0.15) is 4.98 Å². The molecule has 0 bridgehead atoms. The van der Waals surface area contributed by atoms with Crippen molar-refractivity contribution in [1.82, 2.24) is 14.9 Å². The molecule has 2 fully saturated rings. The first kappa shape index (κ1) is 22.7. The Morgan fingerprint density at radius 1 is 1.15 bits per heavy atom. The van der Waals surface area contributed by atoms with Gasteiger partial charge < -0.3 is 30.1 Å². The topological polar surface area (TPSA) is 85.9 Å². The molecule has 3 heterocycles. The summed E-state index contributed by atoms with van der Waals surface area (Å²) in [6, 6.07) is 6.71. The zero-order valence-corrected chi connectivity index (χ0v) is 20.4. The lowest BCUT2D eigenvalue weighted by Crippen LogP contribution is -2.44. The molecule has 3 aliphatic rings. The van der Waals surface area contributed by atoms with Gasteiger partial charge in [0.25, 0.3) is 0 Å². The molecule has 0 radical (unpaired) electrons. The number of benzene rings is 1. The van der Waals surface area contributed by atoms with Crippen LogP contribution in [0.3, 0.4) is 0 Å². The Kier molecular flexibility index (Phi) is 6.45. The van der Waals surface area contributed by atoms with E-state index in [0.717, 1.165) is 62.0 Å². The van der Waals surface area contributed by atoms with Crippen molar-refractivity contribution in [3.63, 3.8) is 0 Å². The Morgan fingerprint density at radius 2 is 1.91 bits per heavy atom. The van der Waals surface area contributed by atoms with Gasteiger partial charge in [-0.05, 0) is 38.9 Å². The highest BCUT2D eigenvalue weighted by atomic mass is 16.5. The number of piperazine rings is 1. The highest BCUT2D eigenvalue weighted by Crippen LogP contribution is 2.37. The van der Waals surface area contributed by atoms with E-state index in [1.54, 1.807) is 13.3 Å². The van der Waals surface area contributed by atoms with Crippen molar-refractivity contribution in [3.05, 3.63) is 24.4 Å². The predicted molar refractivity (Wildman–Crippen MR) is 135 cm³/mol. The van der Waals surface area contributed by atoms with Gasteiger partial charge in [-0.25, -0.2) is 4.98 Å². The number of ether oxygens (including phenoxy) is 1. The molecule has 1 aromatic carbocycles. The van der Waals surface area contributed by atoms with E-state index >= 15 is 0 Å². The average molecular weight is 466 g/mol. The SMILES string of the molecule is COc1cc(N2CCN(C)CC2)ccc1Nc1ncc2c(n1)N(C1CCCC1)C(C)CC(=O)N2. The molecular formula is C25H35N7O2. The monoisotopic (exact) mass is 465 g/mol. The van der Waals surface area contributed by atoms with Crippen molar-refractivity contribution < 1.29 is 9.53 Å². The van der Waals surface area contributed by atoms with E-state index < -0.39 is 0 Å². The van der Waals surface area contributed by atoms with Crippen LogP contribution in [0.5, 0.6) is 5.75 Å². The number of carbonyl (C=O) groups excluding carboxylic acids is 1. The van der Waals surface area contributed by atoms with Crippen LogP contribution < -0.4 is 25.2 Å². The summed E-state index contributed by atoms with van der Waals surface area (Å²) in [5, 5.41) is 6.35. The molecule has 9 nitrogen and oxygen atoms in total. The second-order valence-corrected chi connectivity index (χ2v) is 9.68. The Labute approximate surface area is 201 Å². The van der Waals surface area contributed by atoms with Crippen LogP contribution in [0.25, 0.3) is 0 Å². The summed E-state index contributed by atoms with van der Waals surface area (Å²) in [6.45, 7) is 6.22. The van der Waals surface area contributed by atoms with E-state index in [0.29, 0.717) is 24.1 Å². The molecule has 2 aromatic rings. The van der Waals surface area contributed by atoms with Gasteiger partial charge in [-0.3, -0.25) is 4.79 Å². The smallest absolute Gasteiger partial charge is 0.229 e. The molecular weight excluding hydrogens is 430 g/mol. The second-order valence-electron chi connectivity index (χ2n) is 9.68. The number of carbonyl (C=O) groups is 1. The molecule has 1 amide bonds. The number of aromatic nitrogens is 2. The molecule has 1 atom stereocenters. The van der Waals surface area contributed by atoms with Gasteiger partial charge in [0.2, 0.25) is 11.9 Å². The molecule has 1 unspecified atom stereocenters. The number of nitrogens with one attached hydrogen (secondary N) is 2. The summed E-state index contributed by atoms with van der Waals surface area (Å²) in [4.78, 5) is 28.9. The third-order valence-corrected chi connectivity index (χ3v) is 7.26. The standard InChI is InChI=1S/C25H35N7O2/c1-17-14-23(33)27-21-16-26-25(29-24(21)32(17)18-6-4-5-7-18)28-20-9-8-19(15-22(20)34-3)31-12-10-30(2)11-13-31/h8-9,15-18H,4-7,10-14H2,1-3H3,(H,27,33)(H,26,28,29). The highest BCUT2D eigenvalue weighted by molar-refractivity contribution is 5.96. The Balaban J connectivity index is 1.42. The molecule has 2 N–H and O–H groups in total. The molecule has 2 aliphatic heterocycles. The van der Waals surface area contributed by atoms with E-state index in [4.69, 9.17) is 9.72 Å². The number of likely N-dealkylation sites (N-methyl/N-ethyl adjacent to an activating group) is 1. The third kappa shape index (κ3) is 4.61. The van der Waals surface area contributed by atoms with Crippen LogP contribution in [0, 0.1) is 0 Å². The fourth-order valence-corrected chi connectivity index (χ4v) is 5.37. The first-order chi connectivity index (χ1) is 16.5. The molecule has 182 valence electrons. The molecule has 1 saturated heterocycles. The minimum absolute atomic E-state index is 0.0136. The van der Waals surface area contributed by atoms with Gasteiger partial charge in [0.1, 0.15) is 11.4 Å². The van der Waals surface area contributed by atoms with Gasteiger partial charge in [-0.15, -0.1) is 0 Å². The normalized spacial score (nSPS) is 21.7. The first-order valence-corrected chi connectivity index (χ1v) is 12.4. The Bertz CT molecular complexity index is 1030. The van der Waals surface area contributed by atoms with Crippen LogP contribution in [-0.4, -0.2) is 73.2 Å². The van der Waals surface area contributed by atoms with Crippen molar-refractivity contribution in [1.29, 1.82) is 0 Å². The summed E-state index contributed by atoms with van der Waals surface area (Å²) in [5.41, 5.74) is 2.66. The Morgan fingerprint density at radius 3 is 2.65 bits per heavy atom. The van der Waals surface area contributed by atoms with Gasteiger partial charge in [0.15, 0.2) is 5.82 Å². The summed E-state index contributed by atoms with van der Waals surface area (Å²) in [6.07, 6.45) is 6.87. The number of fused-ring (bicyclic) bond motifs is 1. The summed E-state index contributed by atoms with van der Waals surface area (Å²) >= 11 is 0. The number of hydrogen-bond acceptors (Lipinski definition) is 8. The van der Waals surface area contributed by atoms with Crippen LogP contribution in [-0.2, 0) is 4.79 Å². The molecule has 1 aliphatic carbocycles. The maximum Gasteiger partial charge on any atom is 0.229 e. The summed E-state index contributed by atoms with van der Waals surface area (Å²) in [5.74, 6) is 2.07. The van der Waals surface area contributed by atoms with Gasteiger partial charge in [0.05, 0.1) is 19.0 Å². The molecule has 0 spiro atoms. The number of anilines is 5. The van der Waals surface area contributed by atoms with Crippen LogP contribution in [0.4, 0.5) is 28.8 Å². The molecule has 1 aromatic heterocycles. The zero-order chi connectivity index (χ0) is 23.7. The summed E-state index contributed by atoms with van der Waals surface area (Å²) < 4.78 is 5.71. The third-order valence-electron chi connectivity index (χ3n) is 7.26. The van der Waals surface area contributed by atoms with Crippen LogP contribution in [0.15, 0.2) is 24.4 Å². The largest absolute Gasteiger partial charge is 0.494 e. The average Bonchev–Trinajstić information content (AvgIpc) is 3.32. The lowest BCUT2D eigenvalue weighted by atomic mass is 10.1. The highest BCUT2D eigenvalue weighted by Gasteiger charge is 2.33. The number of nitrogens with zero attached hydrogens (tertiary/aromatic N) is 5. The molecule has 9 heteroatoms. The minimum atomic E-state index is 0.0136. The van der Waals surface area contributed by atoms with Crippen molar-refractivity contribution >= 4 is 34.7 Å². The second kappa shape index (κ2) is 9.66. The van der Waals surface area contributed by atoms with Crippen LogP contribution in [0.2, 0.25) is 0 Å². The van der Waals surface area contributed by atoms with E-state index in [-0.39, 0.29) is 11.9 Å². The van der Waals surface area contributed by atoms with Gasteiger partial charge >= 0.3 is 0 Å². The maximum atomic E-state index is 12.4. The number of hydrogen-bond donors (Lipinski definition) is 2. The van der Waals surface area contributed by atoms with Crippen LogP contribution in [0.1, 0.15) is 39.0 Å². The number of amides is 1. The van der Waals surface area contributed by atoms with Crippen molar-refractivity contribution in [3.8, 4) is 5.75 Å².